The average molecular weight is 324 g/mol. The molecule has 0 amide bonds. The molecule has 6 heteroatoms. The van der Waals surface area contributed by atoms with Gasteiger partial charge in [0.2, 0.25) is 0 Å². The fourth-order valence-corrected chi connectivity index (χ4v) is 3.27. The molecule has 0 bridgehead atoms. The fourth-order valence-electron chi connectivity index (χ4n) is 3.27. The topological polar surface area (TPSA) is 41.1 Å². The zero-order valence-corrected chi connectivity index (χ0v) is 12.8. The Morgan fingerprint density at radius 3 is 2.52 bits per heavy atom. The number of rotatable bonds is 2. The van der Waals surface area contributed by atoms with Crippen LogP contribution in [0.3, 0.4) is 0 Å². The molecule has 2 N–H and O–H groups in total. The van der Waals surface area contributed by atoms with Crippen molar-refractivity contribution >= 4 is 5.78 Å². The van der Waals surface area contributed by atoms with E-state index >= 15 is 0 Å². The van der Waals surface area contributed by atoms with Crippen molar-refractivity contribution < 1.29 is 18.0 Å². The molecule has 0 aromatic heterocycles. The SMILES string of the molecule is CC(=O)C1CNC2=CCC(c3ccc(C(F)(F)F)cc3)CC2N1. The zero-order chi connectivity index (χ0) is 16.6. The van der Waals surface area contributed by atoms with Gasteiger partial charge in [-0.3, -0.25) is 10.1 Å². The molecular weight excluding hydrogens is 305 g/mol. The molecule has 124 valence electrons. The number of carbonyl (C=O) groups excluding carboxylic acids is 1. The van der Waals surface area contributed by atoms with Crippen molar-refractivity contribution in [1.82, 2.24) is 10.6 Å². The molecule has 2 aliphatic rings. The summed E-state index contributed by atoms with van der Waals surface area (Å²) in [5.74, 6) is 0.249. The third kappa shape index (κ3) is 3.42. The van der Waals surface area contributed by atoms with E-state index in [0.717, 1.165) is 36.2 Å². The van der Waals surface area contributed by atoms with E-state index in [-0.39, 0.29) is 23.8 Å². The predicted octanol–water partition coefficient (Wildman–Crippen LogP) is 2.99. The van der Waals surface area contributed by atoms with Gasteiger partial charge in [0.1, 0.15) is 5.78 Å². The van der Waals surface area contributed by atoms with Crippen molar-refractivity contribution in [2.45, 2.75) is 43.9 Å². The van der Waals surface area contributed by atoms with Gasteiger partial charge >= 0.3 is 6.18 Å². The molecule has 3 unspecified atom stereocenters. The standard InChI is InChI=1S/C17H19F3N2O/c1-10(23)16-9-21-14-7-4-12(8-15(14)22-16)11-2-5-13(6-3-11)17(18,19)20/h2-3,5-7,12,15-16,21-22H,4,8-9H2,1H3. The molecule has 3 atom stereocenters. The lowest BCUT2D eigenvalue weighted by atomic mass is 9.82. The number of piperazine rings is 1. The summed E-state index contributed by atoms with van der Waals surface area (Å²) in [7, 11) is 0. The monoisotopic (exact) mass is 324 g/mol. The molecule has 3 nitrogen and oxygen atoms in total. The van der Waals surface area contributed by atoms with Gasteiger partial charge in [-0.05, 0) is 43.4 Å². The molecule has 1 aromatic rings. The molecule has 1 aliphatic heterocycles. The van der Waals surface area contributed by atoms with Crippen LogP contribution in [0.2, 0.25) is 0 Å². The molecule has 1 heterocycles. The number of fused-ring (bicyclic) bond motifs is 1. The Balaban J connectivity index is 1.73. The van der Waals surface area contributed by atoms with Crippen molar-refractivity contribution in [2.75, 3.05) is 6.54 Å². The summed E-state index contributed by atoms with van der Waals surface area (Å²) in [6.45, 7) is 2.15. The van der Waals surface area contributed by atoms with E-state index in [1.807, 2.05) is 0 Å². The number of allylic oxidation sites excluding steroid dienone is 1. The van der Waals surface area contributed by atoms with E-state index in [4.69, 9.17) is 0 Å². The Morgan fingerprint density at radius 2 is 1.91 bits per heavy atom. The zero-order valence-electron chi connectivity index (χ0n) is 12.8. The predicted molar refractivity (Wildman–Crippen MR) is 80.9 cm³/mol. The van der Waals surface area contributed by atoms with E-state index in [0.29, 0.717) is 6.54 Å². The van der Waals surface area contributed by atoms with Crippen LogP contribution < -0.4 is 10.6 Å². The highest BCUT2D eigenvalue weighted by molar-refractivity contribution is 5.82. The second-order valence-corrected chi connectivity index (χ2v) is 6.21. The lowest BCUT2D eigenvalue weighted by Crippen LogP contribution is -2.57. The smallest absolute Gasteiger partial charge is 0.385 e. The Kier molecular flexibility index (Phi) is 4.19. The summed E-state index contributed by atoms with van der Waals surface area (Å²) in [4.78, 5) is 11.5. The van der Waals surface area contributed by atoms with E-state index in [9.17, 15) is 18.0 Å². The van der Waals surface area contributed by atoms with Crippen LogP contribution in [-0.4, -0.2) is 24.4 Å². The highest BCUT2D eigenvalue weighted by Crippen LogP contribution is 2.35. The second-order valence-electron chi connectivity index (χ2n) is 6.21. The lowest BCUT2D eigenvalue weighted by Gasteiger charge is -2.38. The van der Waals surface area contributed by atoms with E-state index in [2.05, 4.69) is 16.7 Å². The average Bonchev–Trinajstić information content (AvgIpc) is 2.53. The Labute approximate surface area is 133 Å². The molecule has 1 fully saturated rings. The minimum absolute atomic E-state index is 0.0543. The number of benzene rings is 1. The summed E-state index contributed by atoms with van der Waals surface area (Å²) in [5, 5.41) is 6.61. The largest absolute Gasteiger partial charge is 0.416 e. The highest BCUT2D eigenvalue weighted by Gasteiger charge is 2.33. The van der Waals surface area contributed by atoms with Crippen LogP contribution in [0.25, 0.3) is 0 Å². The number of halogens is 3. The van der Waals surface area contributed by atoms with Gasteiger partial charge in [-0.25, -0.2) is 0 Å². The first-order valence-electron chi connectivity index (χ1n) is 7.72. The normalized spacial score (nSPS) is 27.7. The summed E-state index contributed by atoms with van der Waals surface area (Å²) in [6.07, 6.45) is -0.661. The third-order valence-electron chi connectivity index (χ3n) is 4.63. The van der Waals surface area contributed by atoms with Crippen LogP contribution in [0.1, 0.15) is 36.8 Å². The highest BCUT2D eigenvalue weighted by atomic mass is 19.4. The molecule has 1 saturated heterocycles. The summed E-state index contributed by atoms with van der Waals surface area (Å²) >= 11 is 0. The molecule has 1 aromatic carbocycles. The van der Waals surface area contributed by atoms with Gasteiger partial charge in [0.15, 0.2) is 0 Å². The number of hydrogen-bond acceptors (Lipinski definition) is 3. The van der Waals surface area contributed by atoms with E-state index < -0.39 is 11.7 Å². The molecule has 3 rings (SSSR count). The van der Waals surface area contributed by atoms with Crippen molar-refractivity contribution in [1.29, 1.82) is 0 Å². The molecule has 23 heavy (non-hydrogen) atoms. The maximum absolute atomic E-state index is 12.6. The quantitative estimate of drug-likeness (QED) is 0.879. The van der Waals surface area contributed by atoms with Crippen molar-refractivity contribution in [3.63, 3.8) is 0 Å². The summed E-state index contributed by atoms with van der Waals surface area (Å²) in [6, 6.07) is 5.25. The number of alkyl halides is 3. The first-order chi connectivity index (χ1) is 10.8. The minimum Gasteiger partial charge on any atom is -0.385 e. The maximum atomic E-state index is 12.6. The van der Waals surface area contributed by atoms with Gasteiger partial charge in [-0.1, -0.05) is 18.2 Å². The van der Waals surface area contributed by atoms with Crippen molar-refractivity contribution in [2.24, 2.45) is 0 Å². The van der Waals surface area contributed by atoms with Crippen LogP contribution in [0.4, 0.5) is 13.2 Å². The van der Waals surface area contributed by atoms with Gasteiger partial charge in [-0.15, -0.1) is 0 Å². The van der Waals surface area contributed by atoms with Gasteiger partial charge in [0, 0.05) is 18.3 Å². The number of nitrogens with one attached hydrogen (secondary N) is 2. The minimum atomic E-state index is -4.30. The van der Waals surface area contributed by atoms with E-state index in [1.165, 1.54) is 0 Å². The third-order valence-corrected chi connectivity index (χ3v) is 4.63. The second kappa shape index (κ2) is 6.00. The van der Waals surface area contributed by atoms with Gasteiger partial charge in [0.05, 0.1) is 11.6 Å². The van der Waals surface area contributed by atoms with E-state index in [1.54, 1.807) is 19.1 Å². The number of ketones is 1. The molecule has 0 radical (unpaired) electrons. The van der Waals surface area contributed by atoms with Gasteiger partial charge < -0.3 is 5.32 Å². The first-order valence-corrected chi connectivity index (χ1v) is 7.72. The Morgan fingerprint density at radius 1 is 1.22 bits per heavy atom. The van der Waals surface area contributed by atoms with Crippen LogP contribution in [-0.2, 0) is 11.0 Å². The van der Waals surface area contributed by atoms with Gasteiger partial charge in [-0.2, -0.15) is 13.2 Å². The van der Waals surface area contributed by atoms with Crippen molar-refractivity contribution in [3.05, 3.63) is 47.2 Å². The van der Waals surface area contributed by atoms with Gasteiger partial charge in [0.25, 0.3) is 0 Å². The van der Waals surface area contributed by atoms with Crippen LogP contribution in [0, 0.1) is 0 Å². The molecule has 0 spiro atoms. The summed E-state index contributed by atoms with van der Waals surface area (Å²) in [5.41, 5.74) is 1.37. The summed E-state index contributed by atoms with van der Waals surface area (Å²) < 4.78 is 37.9. The molecular formula is C17H19F3N2O. The first kappa shape index (κ1) is 16.1. The van der Waals surface area contributed by atoms with Crippen LogP contribution in [0.5, 0.6) is 0 Å². The Bertz CT molecular complexity index is 622. The molecule has 0 saturated carbocycles. The maximum Gasteiger partial charge on any atom is 0.416 e. The van der Waals surface area contributed by atoms with Crippen molar-refractivity contribution in [3.8, 4) is 0 Å². The lowest BCUT2D eigenvalue weighted by molar-refractivity contribution is -0.137. The van der Waals surface area contributed by atoms with Crippen LogP contribution in [0.15, 0.2) is 36.0 Å². The number of Topliss-reactive ketones (excluding diaryl/α,β-unsaturated/α-hetero) is 1. The number of carbonyl (C=O) groups is 1. The Hall–Kier alpha value is -1.82. The fraction of sp³-hybridized carbons (Fsp3) is 0.471. The molecule has 1 aliphatic carbocycles. The number of hydrogen-bond donors (Lipinski definition) is 2. The van der Waals surface area contributed by atoms with Crippen LogP contribution >= 0.6 is 0 Å².